The lowest BCUT2D eigenvalue weighted by atomic mass is 10.1. The summed E-state index contributed by atoms with van der Waals surface area (Å²) < 4.78 is 1.70. The first-order chi connectivity index (χ1) is 11.6. The van der Waals surface area contributed by atoms with Crippen LogP contribution in [0.15, 0.2) is 67.3 Å². The van der Waals surface area contributed by atoms with E-state index in [1.807, 2.05) is 0 Å². The number of nitrogens with one attached hydrogen (secondary N) is 1. The van der Waals surface area contributed by atoms with E-state index in [1.165, 1.54) is 0 Å². The van der Waals surface area contributed by atoms with Crippen molar-refractivity contribution in [2.45, 2.75) is 6.54 Å². The van der Waals surface area contributed by atoms with Crippen molar-refractivity contribution in [3.63, 3.8) is 0 Å². The van der Waals surface area contributed by atoms with Crippen LogP contribution in [0.5, 0.6) is 0 Å². The zero-order chi connectivity index (χ0) is 16.9. The summed E-state index contributed by atoms with van der Waals surface area (Å²) in [5.41, 5.74) is 7.86. The summed E-state index contributed by atoms with van der Waals surface area (Å²) in [6.07, 6.45) is 4.93. The lowest BCUT2D eigenvalue weighted by molar-refractivity contribution is 0.0969. The normalized spacial score (nSPS) is 10.3. The van der Waals surface area contributed by atoms with Crippen molar-refractivity contribution in [2.75, 3.05) is 11.1 Å². The zero-order valence-electron chi connectivity index (χ0n) is 12.8. The molecule has 6 heteroatoms. The van der Waals surface area contributed by atoms with Gasteiger partial charge in [0, 0.05) is 23.5 Å². The van der Waals surface area contributed by atoms with Crippen LogP contribution in [-0.2, 0) is 6.54 Å². The molecule has 1 heterocycles. The smallest absolute Gasteiger partial charge is 0.255 e. The fourth-order valence-corrected chi connectivity index (χ4v) is 2.25. The second kappa shape index (κ2) is 6.78. The Kier molecular flexibility index (Phi) is 4.38. The van der Waals surface area contributed by atoms with Crippen LogP contribution in [0.25, 0.3) is 0 Å². The van der Waals surface area contributed by atoms with Crippen molar-refractivity contribution < 1.29 is 9.59 Å². The van der Waals surface area contributed by atoms with Gasteiger partial charge in [0.2, 0.25) is 0 Å². The topological polar surface area (TPSA) is 90.0 Å². The summed E-state index contributed by atoms with van der Waals surface area (Å²) >= 11 is 0. The third kappa shape index (κ3) is 3.49. The van der Waals surface area contributed by atoms with Gasteiger partial charge in [0.05, 0.1) is 24.2 Å². The molecule has 3 rings (SSSR count). The van der Waals surface area contributed by atoms with E-state index in [4.69, 9.17) is 5.73 Å². The maximum absolute atomic E-state index is 12.2. The molecule has 0 saturated carbocycles. The maximum atomic E-state index is 12.2. The first-order valence-corrected chi connectivity index (χ1v) is 7.38. The van der Waals surface area contributed by atoms with E-state index in [2.05, 4.69) is 10.3 Å². The van der Waals surface area contributed by atoms with Gasteiger partial charge in [-0.15, -0.1) is 0 Å². The van der Waals surface area contributed by atoms with Crippen molar-refractivity contribution in [1.82, 2.24) is 9.55 Å². The zero-order valence-corrected chi connectivity index (χ0v) is 12.8. The Morgan fingerprint density at radius 2 is 1.75 bits per heavy atom. The standard InChI is InChI=1S/C18H16N4O2/c19-15-3-1-2-4-16(15)21-18(24)14-7-5-13(6-8-14)17(23)11-22-10-9-20-12-22/h1-10,12H,11,19H2,(H,21,24). The fourth-order valence-electron chi connectivity index (χ4n) is 2.25. The molecule has 2 aromatic carbocycles. The molecule has 0 bridgehead atoms. The Hall–Kier alpha value is -3.41. The summed E-state index contributed by atoms with van der Waals surface area (Å²) in [6.45, 7) is 0.214. The Bertz CT molecular complexity index is 855. The van der Waals surface area contributed by atoms with E-state index >= 15 is 0 Å². The molecular formula is C18H16N4O2. The number of carbonyl (C=O) groups excluding carboxylic acids is 2. The van der Waals surface area contributed by atoms with Crippen molar-refractivity contribution in [3.05, 3.63) is 78.4 Å². The molecule has 0 aliphatic carbocycles. The number of ketones is 1. The minimum Gasteiger partial charge on any atom is -0.397 e. The van der Waals surface area contributed by atoms with E-state index in [0.29, 0.717) is 22.5 Å². The monoisotopic (exact) mass is 320 g/mol. The highest BCUT2D eigenvalue weighted by Gasteiger charge is 2.10. The molecule has 0 atom stereocenters. The van der Waals surface area contributed by atoms with Crippen LogP contribution in [-0.4, -0.2) is 21.2 Å². The minimum absolute atomic E-state index is 0.0488. The summed E-state index contributed by atoms with van der Waals surface area (Å²) in [5.74, 6) is -0.325. The molecule has 3 N–H and O–H groups in total. The van der Waals surface area contributed by atoms with E-state index in [9.17, 15) is 9.59 Å². The number of hydrogen-bond acceptors (Lipinski definition) is 4. The molecule has 3 aromatic rings. The van der Waals surface area contributed by atoms with Crippen molar-refractivity contribution >= 4 is 23.1 Å². The highest BCUT2D eigenvalue weighted by molar-refractivity contribution is 6.06. The van der Waals surface area contributed by atoms with E-state index < -0.39 is 0 Å². The number of carbonyl (C=O) groups is 2. The van der Waals surface area contributed by atoms with Crippen LogP contribution >= 0.6 is 0 Å². The predicted octanol–water partition coefficient (Wildman–Crippen LogP) is 2.60. The first kappa shape index (κ1) is 15.5. The lowest BCUT2D eigenvalue weighted by Gasteiger charge is -2.08. The molecule has 0 fully saturated rings. The van der Waals surface area contributed by atoms with Gasteiger partial charge in [-0.05, 0) is 24.3 Å². The van der Waals surface area contributed by atoms with Crippen molar-refractivity contribution in [3.8, 4) is 0 Å². The highest BCUT2D eigenvalue weighted by Crippen LogP contribution is 2.18. The number of nitrogen functional groups attached to an aromatic ring is 1. The Labute approximate surface area is 138 Å². The highest BCUT2D eigenvalue weighted by atomic mass is 16.1. The number of imidazole rings is 1. The van der Waals surface area contributed by atoms with Gasteiger partial charge in [-0.1, -0.05) is 24.3 Å². The van der Waals surface area contributed by atoms with Crippen LogP contribution < -0.4 is 11.1 Å². The predicted molar refractivity (Wildman–Crippen MR) is 91.8 cm³/mol. The number of anilines is 2. The fraction of sp³-hybridized carbons (Fsp3) is 0.0556. The molecule has 6 nitrogen and oxygen atoms in total. The van der Waals surface area contributed by atoms with Gasteiger partial charge in [0.1, 0.15) is 0 Å². The van der Waals surface area contributed by atoms with Gasteiger partial charge in [0.15, 0.2) is 5.78 Å². The van der Waals surface area contributed by atoms with Gasteiger partial charge in [-0.3, -0.25) is 9.59 Å². The Morgan fingerprint density at radius 1 is 1.04 bits per heavy atom. The maximum Gasteiger partial charge on any atom is 0.255 e. The van der Waals surface area contributed by atoms with Gasteiger partial charge < -0.3 is 15.6 Å². The van der Waals surface area contributed by atoms with E-state index in [0.717, 1.165) is 0 Å². The second-order valence-electron chi connectivity index (χ2n) is 5.28. The third-order valence-corrected chi connectivity index (χ3v) is 3.56. The van der Waals surface area contributed by atoms with Gasteiger partial charge in [-0.25, -0.2) is 4.98 Å². The molecular weight excluding hydrogens is 304 g/mol. The van der Waals surface area contributed by atoms with E-state index in [-0.39, 0.29) is 18.2 Å². The molecule has 0 radical (unpaired) electrons. The largest absolute Gasteiger partial charge is 0.397 e. The molecule has 0 unspecified atom stereocenters. The van der Waals surface area contributed by atoms with Gasteiger partial charge in [-0.2, -0.15) is 0 Å². The first-order valence-electron chi connectivity index (χ1n) is 7.38. The van der Waals surface area contributed by atoms with Gasteiger partial charge in [0.25, 0.3) is 5.91 Å². The SMILES string of the molecule is Nc1ccccc1NC(=O)c1ccc(C(=O)Cn2ccnc2)cc1. The lowest BCUT2D eigenvalue weighted by Crippen LogP contribution is -2.14. The number of aromatic nitrogens is 2. The van der Waals surface area contributed by atoms with Crippen molar-refractivity contribution in [2.24, 2.45) is 0 Å². The van der Waals surface area contributed by atoms with Gasteiger partial charge >= 0.3 is 0 Å². The number of Topliss-reactive ketones (excluding diaryl/α,β-unsaturated/α-hetero) is 1. The summed E-state index contributed by atoms with van der Waals surface area (Å²) in [4.78, 5) is 28.3. The molecule has 0 saturated heterocycles. The number of hydrogen-bond donors (Lipinski definition) is 2. The number of para-hydroxylation sites is 2. The molecule has 120 valence electrons. The molecule has 1 aromatic heterocycles. The molecule has 0 spiro atoms. The molecule has 0 aliphatic rings. The van der Waals surface area contributed by atoms with Crippen LogP contribution in [0.4, 0.5) is 11.4 Å². The summed E-state index contributed by atoms with van der Waals surface area (Å²) in [7, 11) is 0. The minimum atomic E-state index is -0.276. The second-order valence-corrected chi connectivity index (χ2v) is 5.28. The number of nitrogens with two attached hydrogens (primary N) is 1. The average molecular weight is 320 g/mol. The summed E-state index contributed by atoms with van der Waals surface area (Å²) in [5, 5.41) is 2.75. The Balaban J connectivity index is 1.68. The number of rotatable bonds is 5. The average Bonchev–Trinajstić information content (AvgIpc) is 3.10. The molecule has 24 heavy (non-hydrogen) atoms. The summed E-state index contributed by atoms with van der Waals surface area (Å²) in [6, 6.07) is 13.6. The van der Waals surface area contributed by atoms with Crippen LogP contribution in [0.1, 0.15) is 20.7 Å². The van der Waals surface area contributed by atoms with Crippen molar-refractivity contribution in [1.29, 1.82) is 0 Å². The molecule has 0 aliphatic heterocycles. The van der Waals surface area contributed by atoms with E-state index in [1.54, 1.807) is 71.8 Å². The van der Waals surface area contributed by atoms with Crippen LogP contribution in [0.3, 0.4) is 0 Å². The Morgan fingerprint density at radius 3 is 2.42 bits per heavy atom. The third-order valence-electron chi connectivity index (χ3n) is 3.56. The quantitative estimate of drug-likeness (QED) is 0.558. The molecule has 1 amide bonds. The van der Waals surface area contributed by atoms with Crippen LogP contribution in [0.2, 0.25) is 0 Å². The number of nitrogens with zero attached hydrogens (tertiary/aromatic N) is 2. The number of benzene rings is 2. The number of amides is 1. The van der Waals surface area contributed by atoms with Crippen LogP contribution in [0, 0.1) is 0 Å².